The molecule has 0 aliphatic heterocycles. The zero-order chi connectivity index (χ0) is 11.5. The number of rotatable bonds is 6. The van der Waals surface area contributed by atoms with Crippen LogP contribution in [0.2, 0.25) is 0 Å². The quantitative estimate of drug-likeness (QED) is 0.749. The van der Waals surface area contributed by atoms with E-state index in [1.807, 2.05) is 6.92 Å². The topological polar surface area (TPSA) is 29.3 Å². The van der Waals surface area contributed by atoms with E-state index >= 15 is 0 Å². The van der Waals surface area contributed by atoms with E-state index in [0.29, 0.717) is 6.54 Å². The van der Waals surface area contributed by atoms with Crippen molar-refractivity contribution in [2.75, 3.05) is 13.1 Å². The average molecular weight is 224 g/mol. The van der Waals surface area contributed by atoms with Crippen molar-refractivity contribution in [2.24, 2.45) is 5.73 Å². The van der Waals surface area contributed by atoms with E-state index in [1.54, 1.807) is 4.90 Å². The van der Waals surface area contributed by atoms with Gasteiger partial charge < -0.3 is 5.73 Å². The summed E-state index contributed by atoms with van der Waals surface area (Å²) in [7, 11) is 0. The molecule has 1 saturated carbocycles. The van der Waals surface area contributed by atoms with Crippen molar-refractivity contribution in [1.82, 2.24) is 4.90 Å². The summed E-state index contributed by atoms with van der Waals surface area (Å²) in [5.74, 6) is 0. The summed E-state index contributed by atoms with van der Waals surface area (Å²) in [6.07, 6.45) is -0.695. The molecule has 5 heteroatoms. The lowest BCUT2D eigenvalue weighted by Crippen LogP contribution is -2.51. The Hall–Kier alpha value is -0.290. The van der Waals surface area contributed by atoms with Crippen LogP contribution in [0.15, 0.2) is 0 Å². The molecule has 1 rings (SSSR count). The fraction of sp³-hybridized carbons (Fsp3) is 1.00. The second-order valence-corrected chi connectivity index (χ2v) is 4.12. The molecule has 90 valence electrons. The fourth-order valence-electron chi connectivity index (χ4n) is 1.80. The smallest absolute Gasteiger partial charge is 0.329 e. The third kappa shape index (κ3) is 3.65. The Morgan fingerprint density at radius 1 is 1.40 bits per heavy atom. The fourth-order valence-corrected chi connectivity index (χ4v) is 1.80. The Balaban J connectivity index is 2.58. The number of unbranched alkanes of at least 4 members (excludes halogenated alkanes) is 1. The zero-order valence-electron chi connectivity index (χ0n) is 9.06. The molecule has 1 atom stereocenters. The predicted octanol–water partition coefficient (Wildman–Crippen LogP) is 2.14. The Labute approximate surface area is 88.6 Å². The van der Waals surface area contributed by atoms with Gasteiger partial charge in [-0.15, -0.1) is 0 Å². The average Bonchev–Trinajstić information content (AvgIpc) is 2.93. The molecule has 1 unspecified atom stereocenters. The minimum absolute atomic E-state index is 0.117. The van der Waals surface area contributed by atoms with Crippen LogP contribution >= 0.6 is 0 Å². The third-order valence-corrected chi connectivity index (χ3v) is 2.79. The molecule has 0 aromatic carbocycles. The highest BCUT2D eigenvalue weighted by molar-refractivity contribution is 4.91. The molecule has 0 radical (unpaired) electrons. The van der Waals surface area contributed by atoms with Gasteiger partial charge in [0.1, 0.15) is 6.04 Å². The van der Waals surface area contributed by atoms with Crippen molar-refractivity contribution < 1.29 is 13.2 Å². The Kier molecular flexibility index (Phi) is 4.40. The highest BCUT2D eigenvalue weighted by atomic mass is 19.4. The predicted molar refractivity (Wildman–Crippen MR) is 53.5 cm³/mol. The standard InChI is InChI=1S/C10H19F3N2/c1-2-3-6-15(8-4-5-8)9(7-14)10(11,12)13/h8-9H,2-7,14H2,1H3. The van der Waals surface area contributed by atoms with Crippen LogP contribution in [0.1, 0.15) is 32.6 Å². The Bertz CT molecular complexity index is 190. The van der Waals surface area contributed by atoms with E-state index in [2.05, 4.69) is 0 Å². The van der Waals surface area contributed by atoms with Crippen LogP contribution < -0.4 is 5.73 Å². The van der Waals surface area contributed by atoms with Gasteiger partial charge in [0.15, 0.2) is 0 Å². The van der Waals surface area contributed by atoms with Crippen LogP contribution in [0.4, 0.5) is 13.2 Å². The second-order valence-electron chi connectivity index (χ2n) is 4.12. The molecule has 0 heterocycles. The van der Waals surface area contributed by atoms with Crippen molar-refractivity contribution >= 4 is 0 Å². The molecule has 1 aliphatic carbocycles. The van der Waals surface area contributed by atoms with Gasteiger partial charge in [0.25, 0.3) is 0 Å². The van der Waals surface area contributed by atoms with Gasteiger partial charge in [0, 0.05) is 12.6 Å². The van der Waals surface area contributed by atoms with Crippen LogP contribution in [0.3, 0.4) is 0 Å². The van der Waals surface area contributed by atoms with Gasteiger partial charge >= 0.3 is 6.18 Å². The summed E-state index contributed by atoms with van der Waals surface area (Å²) >= 11 is 0. The van der Waals surface area contributed by atoms with Crippen LogP contribution in [-0.2, 0) is 0 Å². The van der Waals surface area contributed by atoms with Gasteiger partial charge in [-0.2, -0.15) is 13.2 Å². The molecule has 0 amide bonds. The van der Waals surface area contributed by atoms with Gasteiger partial charge in [-0.05, 0) is 25.8 Å². The first-order chi connectivity index (χ1) is 7.00. The van der Waals surface area contributed by atoms with E-state index in [0.717, 1.165) is 25.7 Å². The first-order valence-corrected chi connectivity index (χ1v) is 5.53. The van der Waals surface area contributed by atoms with Crippen LogP contribution in [-0.4, -0.2) is 36.2 Å². The van der Waals surface area contributed by atoms with Gasteiger partial charge in [0.2, 0.25) is 0 Å². The highest BCUT2D eigenvalue weighted by Crippen LogP contribution is 2.34. The highest BCUT2D eigenvalue weighted by Gasteiger charge is 2.46. The third-order valence-electron chi connectivity index (χ3n) is 2.79. The van der Waals surface area contributed by atoms with E-state index in [1.165, 1.54) is 0 Å². The van der Waals surface area contributed by atoms with Gasteiger partial charge in [-0.1, -0.05) is 13.3 Å². The number of halogens is 3. The maximum atomic E-state index is 12.7. The van der Waals surface area contributed by atoms with Crippen molar-refractivity contribution in [3.05, 3.63) is 0 Å². The maximum Gasteiger partial charge on any atom is 0.405 e. The molecule has 0 spiro atoms. The summed E-state index contributed by atoms with van der Waals surface area (Å²) in [5.41, 5.74) is 5.24. The van der Waals surface area contributed by atoms with Crippen molar-refractivity contribution in [1.29, 1.82) is 0 Å². The van der Waals surface area contributed by atoms with Crippen molar-refractivity contribution in [3.8, 4) is 0 Å². The monoisotopic (exact) mass is 224 g/mol. The molecule has 0 saturated heterocycles. The van der Waals surface area contributed by atoms with Crippen molar-refractivity contribution in [2.45, 2.75) is 50.9 Å². The molecule has 2 nitrogen and oxygen atoms in total. The lowest BCUT2D eigenvalue weighted by atomic mass is 10.2. The van der Waals surface area contributed by atoms with Crippen LogP contribution in [0.5, 0.6) is 0 Å². The largest absolute Gasteiger partial charge is 0.405 e. The second kappa shape index (κ2) is 5.16. The van der Waals surface area contributed by atoms with Gasteiger partial charge in [-0.3, -0.25) is 4.90 Å². The molecule has 1 fully saturated rings. The molecule has 0 aromatic rings. The minimum atomic E-state index is -4.19. The van der Waals surface area contributed by atoms with Crippen LogP contribution in [0, 0.1) is 0 Å². The number of nitrogens with zero attached hydrogens (tertiary/aromatic N) is 1. The first-order valence-electron chi connectivity index (χ1n) is 5.53. The summed E-state index contributed by atoms with van der Waals surface area (Å²) in [6.45, 7) is 2.17. The van der Waals surface area contributed by atoms with Crippen LogP contribution in [0.25, 0.3) is 0 Å². The van der Waals surface area contributed by atoms with Crippen molar-refractivity contribution in [3.63, 3.8) is 0 Å². The summed E-state index contributed by atoms with van der Waals surface area (Å²) < 4.78 is 38.0. The molecule has 15 heavy (non-hydrogen) atoms. The molecule has 0 aromatic heterocycles. The minimum Gasteiger partial charge on any atom is -0.329 e. The Morgan fingerprint density at radius 2 is 2.00 bits per heavy atom. The number of alkyl halides is 3. The number of nitrogens with two attached hydrogens (primary N) is 1. The van der Waals surface area contributed by atoms with E-state index < -0.39 is 12.2 Å². The summed E-state index contributed by atoms with van der Waals surface area (Å²) in [6, 6.07) is -1.33. The molecular formula is C10H19F3N2. The zero-order valence-corrected chi connectivity index (χ0v) is 9.06. The van der Waals surface area contributed by atoms with E-state index in [4.69, 9.17) is 5.73 Å². The normalized spacial score (nSPS) is 19.6. The summed E-state index contributed by atoms with van der Waals surface area (Å²) in [5, 5.41) is 0. The summed E-state index contributed by atoms with van der Waals surface area (Å²) in [4.78, 5) is 1.55. The lowest BCUT2D eigenvalue weighted by Gasteiger charge is -2.32. The number of hydrogen-bond donors (Lipinski definition) is 1. The maximum absolute atomic E-state index is 12.7. The van der Waals surface area contributed by atoms with E-state index in [9.17, 15) is 13.2 Å². The molecular weight excluding hydrogens is 205 g/mol. The van der Waals surface area contributed by atoms with Gasteiger partial charge in [0.05, 0.1) is 0 Å². The first kappa shape index (κ1) is 12.8. The SMILES string of the molecule is CCCCN(C1CC1)C(CN)C(F)(F)F. The molecule has 1 aliphatic rings. The molecule has 0 bridgehead atoms. The van der Waals surface area contributed by atoms with E-state index in [-0.39, 0.29) is 12.6 Å². The number of hydrogen-bond acceptors (Lipinski definition) is 2. The lowest BCUT2D eigenvalue weighted by molar-refractivity contribution is -0.182. The molecule has 2 N–H and O–H groups in total. The Morgan fingerprint density at radius 3 is 2.33 bits per heavy atom. The van der Waals surface area contributed by atoms with Gasteiger partial charge in [-0.25, -0.2) is 0 Å².